The second-order valence-corrected chi connectivity index (χ2v) is 6.72. The average Bonchev–Trinajstić information content (AvgIpc) is 2.88. The van der Waals surface area contributed by atoms with E-state index in [-0.39, 0.29) is 0 Å². The van der Waals surface area contributed by atoms with E-state index in [1.54, 1.807) is 0 Å². The summed E-state index contributed by atoms with van der Waals surface area (Å²) in [4.78, 5) is 4.98. The molecule has 120 valence electrons. The molecule has 1 unspecified atom stereocenters. The number of nitrogens with zero attached hydrogens (tertiary/aromatic N) is 2. The van der Waals surface area contributed by atoms with Crippen LogP contribution in [0.15, 0.2) is 16.7 Å². The minimum atomic E-state index is 0.681. The highest BCUT2D eigenvalue weighted by Gasteiger charge is 2.23. The molecule has 4 heteroatoms. The number of hydrogen-bond donors (Lipinski definition) is 1. The van der Waals surface area contributed by atoms with Gasteiger partial charge in [-0.1, -0.05) is 20.8 Å². The Hall–Kier alpha value is -0.840. The molecule has 0 aromatic carbocycles. The lowest BCUT2D eigenvalue weighted by molar-refractivity contribution is 0.0836. The molecule has 0 bridgehead atoms. The molecule has 4 nitrogen and oxygen atoms in total. The SMILES string of the molecule is CCC1CN(Cc2cc(CNCC(C)C)co2)CCN1C. The fourth-order valence-corrected chi connectivity index (χ4v) is 2.92. The highest BCUT2D eigenvalue weighted by Crippen LogP contribution is 2.15. The second kappa shape index (κ2) is 7.97. The first-order valence-corrected chi connectivity index (χ1v) is 8.28. The van der Waals surface area contributed by atoms with E-state index in [0.29, 0.717) is 12.0 Å². The maximum absolute atomic E-state index is 5.73. The van der Waals surface area contributed by atoms with Gasteiger partial charge in [-0.3, -0.25) is 4.90 Å². The van der Waals surface area contributed by atoms with Crippen molar-refractivity contribution in [1.82, 2.24) is 15.1 Å². The first-order valence-electron chi connectivity index (χ1n) is 8.28. The van der Waals surface area contributed by atoms with E-state index in [0.717, 1.165) is 45.0 Å². The third-order valence-corrected chi connectivity index (χ3v) is 4.30. The number of hydrogen-bond acceptors (Lipinski definition) is 4. The third kappa shape index (κ3) is 5.13. The Morgan fingerprint density at radius 2 is 2.19 bits per heavy atom. The molecule has 1 saturated heterocycles. The van der Waals surface area contributed by atoms with Crippen LogP contribution in [0, 0.1) is 5.92 Å². The number of furan rings is 1. The van der Waals surface area contributed by atoms with Gasteiger partial charge in [0.1, 0.15) is 5.76 Å². The zero-order valence-corrected chi connectivity index (χ0v) is 14.1. The number of rotatable bonds is 7. The van der Waals surface area contributed by atoms with Crippen molar-refractivity contribution >= 4 is 0 Å². The molecule has 1 atom stereocenters. The molecule has 1 fully saturated rings. The summed E-state index contributed by atoms with van der Waals surface area (Å²) in [6.45, 7) is 13.1. The highest BCUT2D eigenvalue weighted by molar-refractivity contribution is 5.12. The van der Waals surface area contributed by atoms with Gasteiger partial charge in [-0.15, -0.1) is 0 Å². The van der Waals surface area contributed by atoms with Crippen LogP contribution in [0.5, 0.6) is 0 Å². The fraction of sp³-hybridized carbons (Fsp3) is 0.765. The Bertz CT molecular complexity index is 416. The minimum absolute atomic E-state index is 0.681. The van der Waals surface area contributed by atoms with Gasteiger partial charge in [0.2, 0.25) is 0 Å². The topological polar surface area (TPSA) is 31.6 Å². The van der Waals surface area contributed by atoms with Crippen molar-refractivity contribution in [2.24, 2.45) is 5.92 Å². The third-order valence-electron chi connectivity index (χ3n) is 4.30. The summed E-state index contributed by atoms with van der Waals surface area (Å²) < 4.78 is 5.73. The minimum Gasteiger partial charge on any atom is -0.468 e. The lowest BCUT2D eigenvalue weighted by atomic mass is 10.1. The quantitative estimate of drug-likeness (QED) is 0.837. The number of piperazine rings is 1. The molecule has 2 rings (SSSR count). The molecule has 0 saturated carbocycles. The summed E-state index contributed by atoms with van der Waals surface area (Å²) in [5, 5.41) is 3.46. The molecule has 1 aromatic rings. The van der Waals surface area contributed by atoms with Crippen LogP contribution < -0.4 is 5.32 Å². The van der Waals surface area contributed by atoms with Gasteiger partial charge in [-0.25, -0.2) is 0 Å². The van der Waals surface area contributed by atoms with E-state index >= 15 is 0 Å². The Morgan fingerprint density at radius 1 is 1.38 bits per heavy atom. The van der Waals surface area contributed by atoms with Crippen LogP contribution in [-0.2, 0) is 13.1 Å². The number of likely N-dealkylation sites (N-methyl/N-ethyl adjacent to an activating group) is 1. The Balaban J connectivity index is 1.79. The zero-order valence-electron chi connectivity index (χ0n) is 14.1. The zero-order chi connectivity index (χ0) is 15.2. The van der Waals surface area contributed by atoms with Crippen molar-refractivity contribution in [3.63, 3.8) is 0 Å². The maximum atomic E-state index is 5.73. The first kappa shape index (κ1) is 16.5. The first-order chi connectivity index (χ1) is 10.1. The summed E-state index contributed by atoms with van der Waals surface area (Å²) >= 11 is 0. The van der Waals surface area contributed by atoms with E-state index in [4.69, 9.17) is 4.42 Å². The van der Waals surface area contributed by atoms with Gasteiger partial charge >= 0.3 is 0 Å². The molecule has 21 heavy (non-hydrogen) atoms. The summed E-state index contributed by atoms with van der Waals surface area (Å²) in [7, 11) is 2.23. The van der Waals surface area contributed by atoms with E-state index in [2.05, 4.69) is 49.0 Å². The van der Waals surface area contributed by atoms with Crippen LogP contribution in [0.25, 0.3) is 0 Å². The monoisotopic (exact) mass is 293 g/mol. The van der Waals surface area contributed by atoms with Crippen LogP contribution in [0.2, 0.25) is 0 Å². The Morgan fingerprint density at radius 3 is 2.90 bits per heavy atom. The summed E-state index contributed by atoms with van der Waals surface area (Å²) in [5.41, 5.74) is 1.26. The van der Waals surface area contributed by atoms with Crippen LogP contribution in [0.3, 0.4) is 0 Å². The van der Waals surface area contributed by atoms with E-state index in [9.17, 15) is 0 Å². The molecule has 2 heterocycles. The average molecular weight is 293 g/mol. The van der Waals surface area contributed by atoms with Crippen molar-refractivity contribution in [1.29, 1.82) is 0 Å². The lowest BCUT2D eigenvalue weighted by Gasteiger charge is -2.38. The van der Waals surface area contributed by atoms with Crippen molar-refractivity contribution in [3.05, 3.63) is 23.7 Å². The van der Waals surface area contributed by atoms with Gasteiger partial charge in [-0.2, -0.15) is 0 Å². The molecule has 0 radical (unpaired) electrons. The normalized spacial score (nSPS) is 21.3. The molecule has 1 aliphatic rings. The maximum Gasteiger partial charge on any atom is 0.118 e. The van der Waals surface area contributed by atoms with Gasteiger partial charge in [0.25, 0.3) is 0 Å². The standard InChI is InChI=1S/C17H31N3O/c1-5-16-11-20(7-6-19(16)4)12-17-8-15(13-21-17)10-18-9-14(2)3/h8,13-14,16,18H,5-7,9-12H2,1-4H3. The van der Waals surface area contributed by atoms with Gasteiger partial charge in [0.15, 0.2) is 0 Å². The van der Waals surface area contributed by atoms with Crippen LogP contribution >= 0.6 is 0 Å². The fourth-order valence-electron chi connectivity index (χ4n) is 2.92. The number of nitrogens with one attached hydrogen (secondary N) is 1. The van der Waals surface area contributed by atoms with Crippen molar-refractivity contribution in [3.8, 4) is 0 Å². The van der Waals surface area contributed by atoms with E-state index < -0.39 is 0 Å². The summed E-state index contributed by atoms with van der Waals surface area (Å²) in [6.07, 6.45) is 3.12. The van der Waals surface area contributed by atoms with Crippen molar-refractivity contribution < 1.29 is 4.42 Å². The van der Waals surface area contributed by atoms with E-state index in [1.807, 2.05) is 6.26 Å². The second-order valence-electron chi connectivity index (χ2n) is 6.72. The van der Waals surface area contributed by atoms with Crippen molar-refractivity contribution in [2.45, 2.75) is 46.3 Å². The van der Waals surface area contributed by atoms with E-state index in [1.165, 1.54) is 12.0 Å². The van der Waals surface area contributed by atoms with Gasteiger partial charge in [-0.05, 0) is 32.0 Å². The summed E-state index contributed by atoms with van der Waals surface area (Å²) in [5.74, 6) is 1.78. The molecule has 1 aliphatic heterocycles. The Labute approximate surface area is 129 Å². The van der Waals surface area contributed by atoms with Crippen LogP contribution in [-0.4, -0.2) is 49.1 Å². The smallest absolute Gasteiger partial charge is 0.118 e. The molecule has 0 aliphatic carbocycles. The summed E-state index contributed by atoms with van der Waals surface area (Å²) in [6, 6.07) is 2.88. The van der Waals surface area contributed by atoms with Gasteiger partial charge < -0.3 is 14.6 Å². The van der Waals surface area contributed by atoms with Crippen molar-refractivity contribution in [2.75, 3.05) is 33.2 Å². The van der Waals surface area contributed by atoms with Gasteiger partial charge in [0.05, 0.1) is 12.8 Å². The molecule has 0 spiro atoms. The largest absolute Gasteiger partial charge is 0.468 e. The molecular weight excluding hydrogens is 262 g/mol. The lowest BCUT2D eigenvalue weighted by Crippen LogP contribution is -2.50. The predicted octanol–water partition coefficient (Wildman–Crippen LogP) is 2.55. The van der Waals surface area contributed by atoms with Crippen LogP contribution in [0.1, 0.15) is 38.5 Å². The van der Waals surface area contributed by atoms with Crippen LogP contribution in [0.4, 0.5) is 0 Å². The predicted molar refractivity (Wildman–Crippen MR) is 87.2 cm³/mol. The Kier molecular flexibility index (Phi) is 6.27. The molecule has 1 N–H and O–H groups in total. The molecule has 1 aromatic heterocycles. The van der Waals surface area contributed by atoms with Gasteiger partial charge in [0, 0.05) is 37.8 Å². The highest BCUT2D eigenvalue weighted by atomic mass is 16.3. The molecular formula is C17H31N3O. The molecule has 0 amide bonds.